The first-order chi connectivity index (χ1) is 13.1. The number of H-pyrrole nitrogens is 1. The monoisotopic (exact) mass is 363 g/mol. The van der Waals surface area contributed by atoms with E-state index >= 15 is 0 Å². The van der Waals surface area contributed by atoms with Gasteiger partial charge < -0.3 is 20.2 Å². The van der Waals surface area contributed by atoms with Gasteiger partial charge in [-0.05, 0) is 56.0 Å². The van der Waals surface area contributed by atoms with Crippen molar-refractivity contribution in [1.82, 2.24) is 9.97 Å². The molecule has 5 rings (SSSR count). The van der Waals surface area contributed by atoms with E-state index < -0.39 is 5.91 Å². The Kier molecular flexibility index (Phi) is 3.44. The van der Waals surface area contributed by atoms with E-state index in [1.807, 2.05) is 18.2 Å². The van der Waals surface area contributed by atoms with Crippen LogP contribution in [0.25, 0.3) is 22.4 Å². The van der Waals surface area contributed by atoms with Crippen LogP contribution in [-0.2, 0) is 6.42 Å². The molecule has 0 atom stereocenters. The molecule has 6 nitrogen and oxygen atoms in total. The summed E-state index contributed by atoms with van der Waals surface area (Å²) in [6.45, 7) is 0. The fourth-order valence-electron chi connectivity index (χ4n) is 4.44. The van der Waals surface area contributed by atoms with Gasteiger partial charge in [-0.25, -0.2) is 4.98 Å². The third-order valence-electron chi connectivity index (χ3n) is 5.80. The second kappa shape index (κ2) is 5.74. The molecule has 0 bridgehead atoms. The lowest BCUT2D eigenvalue weighted by atomic mass is 9.92. The van der Waals surface area contributed by atoms with Gasteiger partial charge in [-0.3, -0.25) is 4.79 Å². The predicted octanol–water partition coefficient (Wildman–Crippen LogP) is 3.59. The molecular weight excluding hydrogens is 342 g/mol. The van der Waals surface area contributed by atoms with Gasteiger partial charge >= 0.3 is 0 Å². The van der Waals surface area contributed by atoms with Gasteiger partial charge in [-0.15, -0.1) is 0 Å². The first kappa shape index (κ1) is 16.2. The van der Waals surface area contributed by atoms with Gasteiger partial charge in [0.2, 0.25) is 5.91 Å². The minimum atomic E-state index is -0.449. The molecule has 1 amide bonds. The van der Waals surface area contributed by atoms with E-state index in [1.165, 1.54) is 12.8 Å². The van der Waals surface area contributed by atoms with Crippen molar-refractivity contribution >= 4 is 16.9 Å². The summed E-state index contributed by atoms with van der Waals surface area (Å²) in [6.07, 6.45) is 5.43. The minimum Gasteiger partial charge on any atom is -0.493 e. The van der Waals surface area contributed by atoms with Gasteiger partial charge in [0.25, 0.3) is 0 Å². The third-order valence-corrected chi connectivity index (χ3v) is 5.80. The number of methoxy groups -OCH3 is 1. The summed E-state index contributed by atoms with van der Waals surface area (Å²) >= 11 is 0. The quantitative estimate of drug-likeness (QED) is 0.744. The number of hydrogen-bond acceptors (Lipinski definition) is 4. The maximum Gasteiger partial charge on any atom is 0.248 e. The van der Waals surface area contributed by atoms with Gasteiger partial charge in [-0.1, -0.05) is 0 Å². The van der Waals surface area contributed by atoms with Crippen LogP contribution in [0.1, 0.15) is 41.6 Å². The van der Waals surface area contributed by atoms with Crippen LogP contribution in [0.3, 0.4) is 0 Å². The summed E-state index contributed by atoms with van der Waals surface area (Å²) in [5, 5.41) is 0. The van der Waals surface area contributed by atoms with E-state index in [0.29, 0.717) is 5.56 Å². The number of rotatable bonds is 3. The predicted molar refractivity (Wildman–Crippen MR) is 102 cm³/mol. The Hall–Kier alpha value is -3.02. The molecule has 0 saturated heterocycles. The SMILES string of the molecule is COc1ccc(-c2nc3ccc(C(N)=O)cc3[nH]2)c2c1OC1(CCCC1)C2. The number of aromatic nitrogens is 2. The number of imidazole rings is 1. The number of nitrogens with two attached hydrogens (primary N) is 1. The molecule has 6 heteroatoms. The van der Waals surface area contributed by atoms with Gasteiger partial charge in [-0.2, -0.15) is 0 Å². The van der Waals surface area contributed by atoms with Gasteiger partial charge in [0, 0.05) is 23.1 Å². The van der Waals surface area contributed by atoms with Crippen molar-refractivity contribution in [1.29, 1.82) is 0 Å². The molecule has 1 aliphatic carbocycles. The first-order valence-corrected chi connectivity index (χ1v) is 9.27. The number of nitrogens with one attached hydrogen (secondary N) is 1. The van der Waals surface area contributed by atoms with Crippen molar-refractivity contribution in [2.24, 2.45) is 5.73 Å². The van der Waals surface area contributed by atoms with Crippen LogP contribution < -0.4 is 15.2 Å². The van der Waals surface area contributed by atoms with Crippen molar-refractivity contribution in [3.63, 3.8) is 0 Å². The van der Waals surface area contributed by atoms with E-state index in [1.54, 1.807) is 19.2 Å². The maximum atomic E-state index is 11.4. The lowest BCUT2D eigenvalue weighted by Crippen LogP contribution is -2.30. The van der Waals surface area contributed by atoms with Crippen molar-refractivity contribution in [3.05, 3.63) is 41.5 Å². The highest BCUT2D eigenvalue weighted by atomic mass is 16.5. The summed E-state index contributed by atoms with van der Waals surface area (Å²) in [6, 6.07) is 9.22. The largest absolute Gasteiger partial charge is 0.493 e. The molecule has 138 valence electrons. The smallest absolute Gasteiger partial charge is 0.248 e. The van der Waals surface area contributed by atoms with Crippen molar-refractivity contribution in [2.75, 3.05) is 7.11 Å². The molecule has 1 fully saturated rings. The molecule has 3 aromatic rings. The van der Waals surface area contributed by atoms with Gasteiger partial charge in [0.15, 0.2) is 11.5 Å². The molecule has 1 aromatic heterocycles. The van der Waals surface area contributed by atoms with E-state index in [2.05, 4.69) is 4.98 Å². The van der Waals surface area contributed by atoms with Crippen LogP contribution in [0.15, 0.2) is 30.3 Å². The zero-order valence-electron chi connectivity index (χ0n) is 15.2. The van der Waals surface area contributed by atoms with E-state index in [4.69, 9.17) is 20.2 Å². The Bertz CT molecular complexity index is 1060. The van der Waals surface area contributed by atoms with Crippen LogP contribution in [0, 0.1) is 0 Å². The highest BCUT2D eigenvalue weighted by Gasteiger charge is 2.44. The molecule has 0 unspecified atom stereocenters. The number of amides is 1. The van der Waals surface area contributed by atoms with Crippen LogP contribution in [0.2, 0.25) is 0 Å². The summed E-state index contributed by atoms with van der Waals surface area (Å²) in [5.74, 6) is 1.93. The summed E-state index contributed by atoms with van der Waals surface area (Å²) in [7, 11) is 1.67. The van der Waals surface area contributed by atoms with Crippen LogP contribution >= 0.6 is 0 Å². The molecular formula is C21H21N3O3. The number of hydrogen-bond donors (Lipinski definition) is 2. The highest BCUT2D eigenvalue weighted by Crippen LogP contribution is 2.51. The van der Waals surface area contributed by atoms with Crippen LogP contribution in [-0.4, -0.2) is 28.6 Å². The van der Waals surface area contributed by atoms with Crippen molar-refractivity contribution in [2.45, 2.75) is 37.7 Å². The fourth-order valence-corrected chi connectivity index (χ4v) is 4.44. The number of aromatic amines is 1. The molecule has 3 N–H and O–H groups in total. The normalized spacial score (nSPS) is 17.2. The number of primary amides is 1. The zero-order valence-corrected chi connectivity index (χ0v) is 15.2. The summed E-state index contributed by atoms with van der Waals surface area (Å²) in [4.78, 5) is 19.5. The van der Waals surface area contributed by atoms with Crippen LogP contribution in [0.4, 0.5) is 0 Å². The van der Waals surface area contributed by atoms with E-state index in [-0.39, 0.29) is 5.60 Å². The Morgan fingerprint density at radius 1 is 1.26 bits per heavy atom. The maximum absolute atomic E-state index is 11.4. The Balaban J connectivity index is 1.63. The first-order valence-electron chi connectivity index (χ1n) is 9.27. The second-order valence-electron chi connectivity index (χ2n) is 7.47. The minimum absolute atomic E-state index is 0.100. The lowest BCUT2D eigenvalue weighted by molar-refractivity contribution is 0.0993. The third kappa shape index (κ3) is 2.47. The number of nitrogens with zero attached hydrogens (tertiary/aromatic N) is 1. The molecule has 2 aliphatic rings. The average Bonchev–Trinajstić information content (AvgIpc) is 3.38. The van der Waals surface area contributed by atoms with E-state index in [9.17, 15) is 4.79 Å². The number of ether oxygens (including phenoxy) is 2. The second-order valence-corrected chi connectivity index (χ2v) is 7.47. The molecule has 1 aliphatic heterocycles. The molecule has 1 spiro atoms. The lowest BCUT2D eigenvalue weighted by Gasteiger charge is -2.22. The zero-order chi connectivity index (χ0) is 18.6. The number of carbonyl (C=O) groups is 1. The number of benzene rings is 2. The van der Waals surface area contributed by atoms with Gasteiger partial charge in [0.05, 0.1) is 18.1 Å². The molecule has 1 saturated carbocycles. The Morgan fingerprint density at radius 2 is 2.07 bits per heavy atom. The van der Waals surface area contributed by atoms with Crippen molar-refractivity contribution in [3.8, 4) is 22.9 Å². The highest BCUT2D eigenvalue weighted by molar-refractivity contribution is 5.96. The summed E-state index contributed by atoms with van der Waals surface area (Å²) in [5.41, 5.74) is 9.51. The molecule has 0 radical (unpaired) electrons. The standard InChI is InChI=1S/C21H21N3O3/c1-26-17-7-5-13(14-11-21(27-18(14)17)8-2-3-9-21)20-23-15-6-4-12(19(22)25)10-16(15)24-20/h4-7,10H,2-3,8-9,11H2,1H3,(H2,22,25)(H,23,24). The van der Waals surface area contributed by atoms with E-state index in [0.717, 1.165) is 58.7 Å². The molecule has 2 heterocycles. The van der Waals surface area contributed by atoms with Crippen LogP contribution in [0.5, 0.6) is 11.5 Å². The molecule has 27 heavy (non-hydrogen) atoms. The molecule has 2 aromatic carbocycles. The fraction of sp³-hybridized carbons (Fsp3) is 0.333. The topological polar surface area (TPSA) is 90.2 Å². The average molecular weight is 363 g/mol. The Labute approximate surface area is 156 Å². The summed E-state index contributed by atoms with van der Waals surface area (Å²) < 4.78 is 12.0. The van der Waals surface area contributed by atoms with Gasteiger partial charge in [0.1, 0.15) is 11.4 Å². The number of carbonyl (C=O) groups excluding carboxylic acids is 1. The number of fused-ring (bicyclic) bond motifs is 2. The van der Waals surface area contributed by atoms with Crippen molar-refractivity contribution < 1.29 is 14.3 Å². The Morgan fingerprint density at radius 3 is 2.81 bits per heavy atom.